The van der Waals surface area contributed by atoms with E-state index in [1.807, 2.05) is 0 Å². The lowest BCUT2D eigenvalue weighted by Crippen LogP contribution is -2.39. The summed E-state index contributed by atoms with van der Waals surface area (Å²) in [5.41, 5.74) is 4.04. The Morgan fingerprint density at radius 3 is 1.44 bits per heavy atom. The largest absolute Gasteiger partial charge is 0.357 e. The Morgan fingerprint density at radius 2 is 1.00 bits per heavy atom. The first kappa shape index (κ1) is 16.0. The van der Waals surface area contributed by atoms with Gasteiger partial charge in [-0.15, -0.1) is 0 Å². The van der Waals surface area contributed by atoms with E-state index in [4.69, 9.17) is 0 Å². The molecule has 1 saturated heterocycles. The van der Waals surface area contributed by atoms with Crippen LogP contribution in [0.5, 0.6) is 0 Å². The minimum absolute atomic E-state index is 0.352. The fourth-order valence-electron chi connectivity index (χ4n) is 4.08. The molecule has 1 fully saturated rings. The molecule has 0 saturated carbocycles. The highest BCUT2D eigenvalue weighted by Crippen LogP contribution is 2.46. The van der Waals surface area contributed by atoms with Crippen LogP contribution < -0.4 is 4.90 Å². The molecule has 1 heteroatoms. The summed E-state index contributed by atoms with van der Waals surface area (Å²) < 4.78 is 0. The van der Waals surface area contributed by atoms with Crippen LogP contribution in [0.15, 0.2) is 91.0 Å². The number of anilines is 1. The molecule has 1 aliphatic rings. The van der Waals surface area contributed by atoms with Crippen molar-refractivity contribution >= 4 is 5.69 Å². The summed E-state index contributed by atoms with van der Waals surface area (Å²) >= 11 is 0. The molecule has 3 aromatic carbocycles. The van der Waals surface area contributed by atoms with Gasteiger partial charge in [0.05, 0.1) is 12.1 Å². The Morgan fingerprint density at radius 1 is 0.600 bits per heavy atom. The molecule has 0 aromatic heterocycles. The first-order valence-corrected chi connectivity index (χ1v) is 9.09. The van der Waals surface area contributed by atoms with Crippen LogP contribution in [0.2, 0.25) is 0 Å². The van der Waals surface area contributed by atoms with Gasteiger partial charge in [-0.2, -0.15) is 0 Å². The maximum Gasteiger partial charge on any atom is 0.0551 e. The van der Waals surface area contributed by atoms with Crippen LogP contribution >= 0.6 is 0 Å². The van der Waals surface area contributed by atoms with Crippen LogP contribution in [0.4, 0.5) is 5.69 Å². The van der Waals surface area contributed by atoms with Gasteiger partial charge in [-0.25, -0.2) is 0 Å². The Hall–Kier alpha value is -2.54. The van der Waals surface area contributed by atoms with E-state index in [2.05, 4.69) is 103 Å². The van der Waals surface area contributed by atoms with Crippen molar-refractivity contribution in [1.82, 2.24) is 0 Å². The smallest absolute Gasteiger partial charge is 0.0551 e. The first-order valence-electron chi connectivity index (χ1n) is 9.09. The second-order valence-corrected chi connectivity index (χ2v) is 6.93. The quantitative estimate of drug-likeness (QED) is 0.552. The van der Waals surface area contributed by atoms with Gasteiger partial charge in [0.2, 0.25) is 0 Å². The summed E-state index contributed by atoms with van der Waals surface area (Å²) in [5, 5.41) is 0. The molecule has 0 N–H and O–H groups in total. The predicted octanol–water partition coefficient (Wildman–Crippen LogP) is 6.22. The zero-order valence-electron chi connectivity index (χ0n) is 14.5. The summed E-state index contributed by atoms with van der Waals surface area (Å²) in [6, 6.07) is 33.3. The number of piperidine rings is 1. The lowest BCUT2D eigenvalue weighted by Gasteiger charge is -2.47. The second kappa shape index (κ2) is 7.14. The van der Waals surface area contributed by atoms with Gasteiger partial charge in [-0.3, -0.25) is 0 Å². The molecule has 1 nitrogen and oxygen atoms in total. The van der Waals surface area contributed by atoms with E-state index >= 15 is 0 Å². The van der Waals surface area contributed by atoms with E-state index in [1.54, 1.807) is 0 Å². The third-order valence-corrected chi connectivity index (χ3v) is 5.21. The van der Waals surface area contributed by atoms with Gasteiger partial charge >= 0.3 is 0 Å². The Labute approximate surface area is 150 Å². The normalized spacial score (nSPS) is 23.4. The van der Waals surface area contributed by atoms with E-state index in [9.17, 15) is 0 Å². The van der Waals surface area contributed by atoms with E-state index in [-0.39, 0.29) is 0 Å². The summed E-state index contributed by atoms with van der Waals surface area (Å²) in [7, 11) is 0. The molecule has 2 atom stereocenters. The molecule has 0 amide bonds. The summed E-state index contributed by atoms with van der Waals surface area (Å²) in [5.74, 6) is 0.454. The van der Waals surface area contributed by atoms with Gasteiger partial charge in [-0.05, 0) is 42.0 Å². The molecule has 2 unspecified atom stereocenters. The van der Waals surface area contributed by atoms with Crippen molar-refractivity contribution < 1.29 is 0 Å². The van der Waals surface area contributed by atoms with Crippen molar-refractivity contribution in [2.75, 3.05) is 4.90 Å². The van der Waals surface area contributed by atoms with E-state index in [0.717, 1.165) is 12.8 Å². The van der Waals surface area contributed by atoms with Crippen molar-refractivity contribution in [3.8, 4) is 0 Å². The highest BCUT2D eigenvalue weighted by Gasteiger charge is 2.35. The van der Waals surface area contributed by atoms with Gasteiger partial charge in [0.1, 0.15) is 0 Å². The van der Waals surface area contributed by atoms with Crippen LogP contribution in [0.25, 0.3) is 0 Å². The summed E-state index contributed by atoms with van der Waals surface area (Å²) in [4.78, 5) is 2.60. The third kappa shape index (κ3) is 3.32. The Balaban J connectivity index is 1.82. The lowest BCUT2D eigenvalue weighted by molar-refractivity contribution is 0.331. The van der Waals surface area contributed by atoms with Gasteiger partial charge in [0.15, 0.2) is 0 Å². The molecule has 1 heterocycles. The average molecular weight is 326 g/mol. The predicted molar refractivity (Wildman–Crippen MR) is 105 cm³/mol. The minimum Gasteiger partial charge on any atom is -0.357 e. The highest BCUT2D eigenvalue weighted by atomic mass is 15.2. The molecular formula is C24H24N. The van der Waals surface area contributed by atoms with E-state index < -0.39 is 0 Å². The second-order valence-electron chi connectivity index (χ2n) is 6.93. The maximum atomic E-state index is 4.45. The molecule has 125 valence electrons. The molecule has 25 heavy (non-hydrogen) atoms. The zero-order chi connectivity index (χ0) is 17.1. The third-order valence-electron chi connectivity index (χ3n) is 5.21. The van der Waals surface area contributed by atoms with Crippen LogP contribution in [-0.4, -0.2) is 0 Å². The average Bonchev–Trinajstić information content (AvgIpc) is 2.69. The van der Waals surface area contributed by atoms with Crippen molar-refractivity contribution in [2.24, 2.45) is 5.92 Å². The SMILES string of the molecule is [CH2]C1CC(c2ccccc2)N(c2ccccc2)C(c2ccccc2)C1. The van der Waals surface area contributed by atoms with Crippen LogP contribution in [0.3, 0.4) is 0 Å². The first-order chi connectivity index (χ1) is 12.3. The number of benzene rings is 3. The number of nitrogens with zero attached hydrogens (tertiary/aromatic N) is 1. The molecule has 0 aliphatic carbocycles. The molecule has 0 bridgehead atoms. The van der Waals surface area contributed by atoms with E-state index in [0.29, 0.717) is 18.0 Å². The van der Waals surface area contributed by atoms with Crippen molar-refractivity contribution in [2.45, 2.75) is 24.9 Å². The minimum atomic E-state index is 0.352. The fourth-order valence-corrected chi connectivity index (χ4v) is 4.08. The highest BCUT2D eigenvalue weighted by molar-refractivity contribution is 5.52. The molecule has 0 spiro atoms. The van der Waals surface area contributed by atoms with Crippen LogP contribution in [0.1, 0.15) is 36.1 Å². The van der Waals surface area contributed by atoms with Crippen molar-refractivity contribution in [3.05, 3.63) is 109 Å². The van der Waals surface area contributed by atoms with Gasteiger partial charge in [-0.1, -0.05) is 85.8 Å². The zero-order valence-corrected chi connectivity index (χ0v) is 14.5. The summed E-state index contributed by atoms with van der Waals surface area (Å²) in [6.07, 6.45) is 2.17. The summed E-state index contributed by atoms with van der Waals surface area (Å²) in [6.45, 7) is 4.45. The van der Waals surface area contributed by atoms with E-state index in [1.165, 1.54) is 16.8 Å². The molecule has 4 rings (SSSR count). The number of hydrogen-bond donors (Lipinski definition) is 0. The van der Waals surface area contributed by atoms with Gasteiger partial charge in [0.25, 0.3) is 0 Å². The molecule has 1 aliphatic heterocycles. The molecular weight excluding hydrogens is 302 g/mol. The Kier molecular flexibility index (Phi) is 4.56. The standard InChI is InChI=1S/C24H24N/c1-19-17-23(20-11-5-2-6-12-20)25(22-15-9-4-10-16-22)24(18-19)21-13-7-3-8-14-21/h2-16,19,23-24H,1,17-18H2. The van der Waals surface area contributed by atoms with Crippen LogP contribution in [0, 0.1) is 12.8 Å². The van der Waals surface area contributed by atoms with Crippen molar-refractivity contribution in [1.29, 1.82) is 0 Å². The lowest BCUT2D eigenvalue weighted by atomic mass is 9.81. The van der Waals surface area contributed by atoms with Crippen LogP contribution in [-0.2, 0) is 0 Å². The molecule has 1 radical (unpaired) electrons. The maximum absolute atomic E-state index is 4.45. The molecule has 3 aromatic rings. The fraction of sp³-hybridized carbons (Fsp3) is 0.208. The number of rotatable bonds is 3. The van der Waals surface area contributed by atoms with Crippen molar-refractivity contribution in [3.63, 3.8) is 0 Å². The number of hydrogen-bond acceptors (Lipinski definition) is 1. The topological polar surface area (TPSA) is 3.24 Å². The van der Waals surface area contributed by atoms with Gasteiger partial charge in [0, 0.05) is 5.69 Å². The number of para-hydroxylation sites is 1. The monoisotopic (exact) mass is 326 g/mol. The van der Waals surface area contributed by atoms with Gasteiger partial charge < -0.3 is 4.90 Å². The Bertz CT molecular complexity index is 733.